The Bertz CT molecular complexity index is 564. The summed E-state index contributed by atoms with van der Waals surface area (Å²) in [6.07, 6.45) is 1.74. The van der Waals surface area contributed by atoms with Crippen molar-refractivity contribution in [3.8, 4) is 0 Å². The molecular weight excluding hydrogens is 292 g/mol. The van der Waals surface area contributed by atoms with Crippen molar-refractivity contribution in [3.05, 3.63) is 46.4 Å². The number of aliphatic imine (C=N–C) groups is 1. The maximum absolute atomic E-state index is 5.95. The summed E-state index contributed by atoms with van der Waals surface area (Å²) in [5.74, 6) is 1.12. The second-order valence-electron chi connectivity index (χ2n) is 4.74. The third-order valence-electron chi connectivity index (χ3n) is 3.00. The summed E-state index contributed by atoms with van der Waals surface area (Å²) in [5.41, 5.74) is 1.14. The largest absolute Gasteiger partial charge is 0.484 e. The number of halogens is 1. The lowest BCUT2D eigenvalue weighted by Gasteiger charge is -2.22. The second kappa shape index (κ2) is 6.86. The molecule has 0 spiro atoms. The van der Waals surface area contributed by atoms with E-state index in [9.17, 15) is 0 Å². The normalized spacial score (nSPS) is 13.6. The molecule has 0 saturated carbocycles. The molecule has 0 unspecified atom stereocenters. The van der Waals surface area contributed by atoms with Gasteiger partial charge in [-0.15, -0.1) is 11.3 Å². The van der Waals surface area contributed by atoms with Gasteiger partial charge >= 0.3 is 0 Å². The van der Waals surface area contributed by atoms with Crippen molar-refractivity contribution in [2.45, 2.75) is 19.8 Å². The van der Waals surface area contributed by atoms with Crippen molar-refractivity contribution < 1.29 is 4.74 Å². The fourth-order valence-corrected chi connectivity index (χ4v) is 2.72. The molecule has 0 aliphatic carbocycles. The molecule has 0 bridgehead atoms. The first-order chi connectivity index (χ1) is 9.61. The topological polar surface area (TPSA) is 34.5 Å². The average molecular weight is 309 g/mol. The molecule has 1 heterocycles. The maximum Gasteiger partial charge on any atom is 0.212 e. The molecule has 1 aromatic carbocycles. The van der Waals surface area contributed by atoms with Crippen LogP contribution >= 0.6 is 22.9 Å². The lowest BCUT2D eigenvalue weighted by molar-refractivity contribution is 0.365. The van der Waals surface area contributed by atoms with E-state index < -0.39 is 0 Å². The number of methoxy groups -OCH3 is 1. The molecule has 0 amide bonds. The van der Waals surface area contributed by atoms with E-state index in [1.165, 1.54) is 11.3 Å². The Hall–Kier alpha value is -1.39. The molecule has 1 aromatic heterocycles. The minimum Gasteiger partial charge on any atom is -0.484 e. The maximum atomic E-state index is 5.95. The van der Waals surface area contributed by atoms with Crippen LogP contribution < -0.4 is 0 Å². The minimum absolute atomic E-state index is 0.0844. The van der Waals surface area contributed by atoms with Crippen LogP contribution in [0.3, 0.4) is 0 Å². The zero-order valence-corrected chi connectivity index (χ0v) is 13.3. The summed E-state index contributed by atoms with van der Waals surface area (Å²) in [6.45, 7) is 4.30. The van der Waals surface area contributed by atoms with Crippen LogP contribution in [0.4, 0.5) is 5.13 Å². The van der Waals surface area contributed by atoms with Gasteiger partial charge in [-0.1, -0.05) is 37.6 Å². The highest BCUT2D eigenvalue weighted by Crippen LogP contribution is 2.29. The Labute approximate surface area is 128 Å². The van der Waals surface area contributed by atoms with Crippen molar-refractivity contribution in [2.75, 3.05) is 7.11 Å². The Morgan fingerprint density at radius 2 is 2.00 bits per heavy atom. The number of nitrogens with zero attached hydrogens (tertiary/aromatic N) is 2. The van der Waals surface area contributed by atoms with E-state index >= 15 is 0 Å². The van der Waals surface area contributed by atoms with Crippen LogP contribution in [-0.2, 0) is 4.74 Å². The van der Waals surface area contributed by atoms with Gasteiger partial charge in [-0.25, -0.2) is 4.98 Å². The van der Waals surface area contributed by atoms with Gasteiger partial charge in [0.05, 0.1) is 13.0 Å². The van der Waals surface area contributed by atoms with E-state index in [4.69, 9.17) is 16.3 Å². The van der Waals surface area contributed by atoms with E-state index in [0.717, 1.165) is 10.6 Å². The Kier molecular flexibility index (Phi) is 5.15. The number of benzene rings is 1. The number of aromatic nitrogens is 1. The van der Waals surface area contributed by atoms with Crippen LogP contribution in [0.2, 0.25) is 5.02 Å². The summed E-state index contributed by atoms with van der Waals surface area (Å²) >= 11 is 7.45. The van der Waals surface area contributed by atoms with E-state index in [1.807, 2.05) is 29.6 Å². The molecule has 5 heteroatoms. The Morgan fingerprint density at radius 1 is 1.30 bits per heavy atom. The molecule has 0 saturated heterocycles. The van der Waals surface area contributed by atoms with Gasteiger partial charge in [0.15, 0.2) is 5.90 Å². The third-order valence-corrected chi connectivity index (χ3v) is 3.91. The number of rotatable bonds is 4. The Morgan fingerprint density at radius 3 is 2.50 bits per heavy atom. The van der Waals surface area contributed by atoms with Gasteiger partial charge in [-0.05, 0) is 23.6 Å². The van der Waals surface area contributed by atoms with E-state index in [2.05, 4.69) is 23.8 Å². The lowest BCUT2D eigenvalue weighted by atomic mass is 9.88. The highest BCUT2D eigenvalue weighted by molar-refractivity contribution is 7.13. The van der Waals surface area contributed by atoms with Gasteiger partial charge in [-0.2, -0.15) is 4.99 Å². The van der Waals surface area contributed by atoms with Gasteiger partial charge in [0, 0.05) is 16.6 Å². The monoisotopic (exact) mass is 308 g/mol. The Balaban J connectivity index is 2.38. The van der Waals surface area contributed by atoms with Crippen molar-refractivity contribution in [3.63, 3.8) is 0 Å². The first-order valence-electron chi connectivity index (χ1n) is 6.39. The number of ether oxygens (including phenoxy) is 1. The van der Waals surface area contributed by atoms with Crippen molar-refractivity contribution >= 4 is 34.0 Å². The first-order valence-corrected chi connectivity index (χ1v) is 7.65. The summed E-state index contributed by atoms with van der Waals surface area (Å²) in [4.78, 5) is 8.71. The standard InChI is InChI=1S/C15H17ClN2OS/c1-10(2)13(11-4-6-12(16)7-5-11)14(19-3)18-15-17-8-9-20-15/h4-10,13H,1-3H3/b18-14-/t13-/m0/s1. The van der Waals surface area contributed by atoms with Crippen LogP contribution in [0.15, 0.2) is 40.8 Å². The molecule has 106 valence electrons. The zero-order valence-electron chi connectivity index (χ0n) is 11.7. The predicted molar refractivity (Wildman–Crippen MR) is 85.2 cm³/mol. The van der Waals surface area contributed by atoms with Gasteiger partial charge in [-0.3, -0.25) is 0 Å². The molecule has 0 aliphatic rings. The summed E-state index contributed by atoms with van der Waals surface area (Å²) in [5, 5.41) is 3.34. The van der Waals surface area contributed by atoms with Gasteiger partial charge in [0.1, 0.15) is 0 Å². The van der Waals surface area contributed by atoms with Crippen molar-refractivity contribution in [1.29, 1.82) is 0 Å². The number of thiazole rings is 1. The summed E-state index contributed by atoms with van der Waals surface area (Å²) in [6, 6.07) is 7.82. The molecule has 3 nitrogen and oxygen atoms in total. The highest BCUT2D eigenvalue weighted by Gasteiger charge is 2.23. The molecule has 0 radical (unpaired) electrons. The lowest BCUT2D eigenvalue weighted by Crippen LogP contribution is -2.19. The zero-order chi connectivity index (χ0) is 14.5. The van der Waals surface area contributed by atoms with Crippen LogP contribution in [0.5, 0.6) is 0 Å². The van der Waals surface area contributed by atoms with E-state index in [0.29, 0.717) is 16.9 Å². The van der Waals surface area contributed by atoms with Crippen LogP contribution in [0, 0.1) is 5.92 Å². The highest BCUT2D eigenvalue weighted by atomic mass is 35.5. The number of hydrogen-bond donors (Lipinski definition) is 0. The molecular formula is C15H17ClN2OS. The fourth-order valence-electron chi connectivity index (χ4n) is 2.09. The first kappa shape index (κ1) is 15.0. The molecule has 2 aromatic rings. The van der Waals surface area contributed by atoms with Crippen molar-refractivity contribution in [2.24, 2.45) is 10.9 Å². The molecule has 2 rings (SSSR count). The summed E-state index contributed by atoms with van der Waals surface area (Å²) < 4.78 is 5.52. The summed E-state index contributed by atoms with van der Waals surface area (Å²) in [7, 11) is 1.65. The molecule has 0 aliphatic heterocycles. The minimum atomic E-state index is 0.0844. The van der Waals surface area contributed by atoms with Gasteiger partial charge in [0.2, 0.25) is 5.13 Å². The molecule has 20 heavy (non-hydrogen) atoms. The average Bonchev–Trinajstić information content (AvgIpc) is 2.92. The predicted octanol–water partition coefficient (Wildman–Crippen LogP) is 4.91. The van der Waals surface area contributed by atoms with Crippen LogP contribution in [0.1, 0.15) is 25.3 Å². The molecule has 1 atom stereocenters. The molecule has 0 N–H and O–H groups in total. The fraction of sp³-hybridized carbons (Fsp3) is 0.333. The third kappa shape index (κ3) is 3.58. The second-order valence-corrected chi connectivity index (χ2v) is 6.05. The number of hydrogen-bond acceptors (Lipinski definition) is 4. The smallest absolute Gasteiger partial charge is 0.212 e. The van der Waals surface area contributed by atoms with E-state index in [-0.39, 0.29) is 5.92 Å². The SMILES string of the molecule is CO/C(=N\c1nccs1)[C@H](c1ccc(Cl)cc1)C(C)C. The van der Waals surface area contributed by atoms with Gasteiger partial charge < -0.3 is 4.74 Å². The van der Waals surface area contributed by atoms with Crippen molar-refractivity contribution in [1.82, 2.24) is 4.98 Å². The van der Waals surface area contributed by atoms with Crippen LogP contribution in [-0.4, -0.2) is 18.0 Å². The van der Waals surface area contributed by atoms with Gasteiger partial charge in [0.25, 0.3) is 0 Å². The van der Waals surface area contributed by atoms with E-state index in [1.54, 1.807) is 13.3 Å². The quantitative estimate of drug-likeness (QED) is 0.594. The van der Waals surface area contributed by atoms with Crippen LogP contribution in [0.25, 0.3) is 0 Å². The molecule has 0 fully saturated rings.